The number of oxazole rings is 1. The molecule has 0 saturated heterocycles. The minimum absolute atomic E-state index is 0.110. The molecule has 0 aliphatic heterocycles. The SMILES string of the molecule is CCC(CC)NC(=O)c1cnc(-c2cccc(-c3cc(C(=O)NC4CCCCC4)[nH]n3)c2)o1. The lowest BCUT2D eigenvalue weighted by atomic mass is 9.95. The second-order valence-electron chi connectivity index (χ2n) is 8.57. The van der Waals surface area contributed by atoms with Crippen LogP contribution in [0.15, 0.2) is 40.9 Å². The number of hydrogen-bond donors (Lipinski definition) is 3. The van der Waals surface area contributed by atoms with E-state index in [0.29, 0.717) is 17.3 Å². The van der Waals surface area contributed by atoms with E-state index in [1.807, 2.05) is 38.1 Å². The Morgan fingerprint density at radius 2 is 1.85 bits per heavy atom. The Kier molecular flexibility index (Phi) is 7.22. The molecular weight excluding hydrogens is 418 g/mol. The zero-order valence-corrected chi connectivity index (χ0v) is 19.2. The van der Waals surface area contributed by atoms with E-state index < -0.39 is 0 Å². The van der Waals surface area contributed by atoms with Crippen molar-refractivity contribution in [3.8, 4) is 22.7 Å². The maximum Gasteiger partial charge on any atom is 0.288 e. The summed E-state index contributed by atoms with van der Waals surface area (Å²) in [4.78, 5) is 29.3. The van der Waals surface area contributed by atoms with Crippen molar-refractivity contribution >= 4 is 11.8 Å². The second-order valence-corrected chi connectivity index (χ2v) is 8.57. The quantitative estimate of drug-likeness (QED) is 0.461. The molecule has 1 aliphatic rings. The van der Waals surface area contributed by atoms with Crippen LogP contribution < -0.4 is 10.6 Å². The summed E-state index contributed by atoms with van der Waals surface area (Å²) >= 11 is 0. The van der Waals surface area contributed by atoms with Gasteiger partial charge in [0, 0.05) is 23.2 Å². The van der Waals surface area contributed by atoms with E-state index in [9.17, 15) is 9.59 Å². The molecule has 3 N–H and O–H groups in total. The first-order chi connectivity index (χ1) is 16.1. The maximum atomic E-state index is 12.6. The van der Waals surface area contributed by atoms with Gasteiger partial charge in [-0.1, -0.05) is 45.2 Å². The molecule has 2 heterocycles. The van der Waals surface area contributed by atoms with Crippen LogP contribution in [0.5, 0.6) is 0 Å². The van der Waals surface area contributed by atoms with Gasteiger partial charge < -0.3 is 15.1 Å². The highest BCUT2D eigenvalue weighted by atomic mass is 16.4. The highest BCUT2D eigenvalue weighted by molar-refractivity contribution is 5.93. The highest BCUT2D eigenvalue weighted by Crippen LogP contribution is 2.26. The molecule has 3 aromatic rings. The van der Waals surface area contributed by atoms with Gasteiger partial charge in [-0.25, -0.2) is 4.98 Å². The third kappa shape index (κ3) is 5.50. The third-order valence-corrected chi connectivity index (χ3v) is 6.22. The fourth-order valence-electron chi connectivity index (χ4n) is 4.17. The first kappa shape index (κ1) is 22.8. The number of H-pyrrole nitrogens is 1. The van der Waals surface area contributed by atoms with Crippen LogP contribution in [0.4, 0.5) is 0 Å². The van der Waals surface area contributed by atoms with Crippen LogP contribution >= 0.6 is 0 Å². The van der Waals surface area contributed by atoms with Crippen LogP contribution in [0.25, 0.3) is 22.7 Å². The number of nitrogens with zero attached hydrogens (tertiary/aromatic N) is 2. The predicted octanol–water partition coefficient (Wildman–Crippen LogP) is 4.71. The van der Waals surface area contributed by atoms with Gasteiger partial charge >= 0.3 is 0 Å². The normalized spacial score (nSPS) is 14.4. The molecular formula is C25H31N5O3. The molecule has 33 heavy (non-hydrogen) atoms. The molecule has 1 aromatic carbocycles. The summed E-state index contributed by atoms with van der Waals surface area (Å²) in [5, 5.41) is 13.2. The molecule has 1 saturated carbocycles. The Morgan fingerprint density at radius 1 is 1.09 bits per heavy atom. The lowest BCUT2D eigenvalue weighted by Crippen LogP contribution is -2.36. The van der Waals surface area contributed by atoms with Crippen molar-refractivity contribution in [3.63, 3.8) is 0 Å². The van der Waals surface area contributed by atoms with Gasteiger partial charge in [-0.3, -0.25) is 14.7 Å². The van der Waals surface area contributed by atoms with Crippen molar-refractivity contribution in [2.24, 2.45) is 0 Å². The summed E-state index contributed by atoms with van der Waals surface area (Å²) in [6, 6.07) is 9.62. The van der Waals surface area contributed by atoms with Crippen molar-refractivity contribution in [1.82, 2.24) is 25.8 Å². The molecule has 0 spiro atoms. The van der Waals surface area contributed by atoms with Gasteiger partial charge in [0.1, 0.15) is 5.69 Å². The number of carbonyl (C=O) groups excluding carboxylic acids is 2. The summed E-state index contributed by atoms with van der Waals surface area (Å²) < 4.78 is 5.72. The monoisotopic (exact) mass is 449 g/mol. The molecule has 0 bridgehead atoms. The number of aromatic amines is 1. The third-order valence-electron chi connectivity index (χ3n) is 6.22. The lowest BCUT2D eigenvalue weighted by Gasteiger charge is -2.22. The van der Waals surface area contributed by atoms with E-state index in [1.54, 1.807) is 6.07 Å². The molecule has 0 atom stereocenters. The van der Waals surface area contributed by atoms with E-state index in [-0.39, 0.29) is 29.7 Å². The minimum atomic E-state index is -0.264. The number of amides is 2. The number of nitrogens with one attached hydrogen (secondary N) is 3. The van der Waals surface area contributed by atoms with Crippen LogP contribution in [-0.4, -0.2) is 39.1 Å². The molecule has 4 rings (SSSR count). The molecule has 1 fully saturated rings. The Morgan fingerprint density at radius 3 is 2.61 bits per heavy atom. The molecule has 0 unspecified atom stereocenters. The van der Waals surface area contributed by atoms with Crippen LogP contribution in [0.1, 0.15) is 79.8 Å². The van der Waals surface area contributed by atoms with Gasteiger partial charge in [0.15, 0.2) is 0 Å². The van der Waals surface area contributed by atoms with Crippen LogP contribution in [-0.2, 0) is 0 Å². The summed E-state index contributed by atoms with van der Waals surface area (Å²) in [5.74, 6) is 0.151. The average molecular weight is 450 g/mol. The smallest absolute Gasteiger partial charge is 0.288 e. The first-order valence-electron chi connectivity index (χ1n) is 11.8. The van der Waals surface area contributed by atoms with E-state index in [2.05, 4.69) is 25.8 Å². The Bertz CT molecular complexity index is 1090. The molecule has 1 aliphatic carbocycles. The maximum absolute atomic E-state index is 12.6. The van der Waals surface area contributed by atoms with Gasteiger partial charge in [0.05, 0.1) is 11.9 Å². The highest BCUT2D eigenvalue weighted by Gasteiger charge is 2.19. The fourth-order valence-corrected chi connectivity index (χ4v) is 4.17. The Hall–Kier alpha value is -3.42. The van der Waals surface area contributed by atoms with Gasteiger partial charge in [-0.2, -0.15) is 5.10 Å². The molecule has 174 valence electrons. The standard InChI is InChI=1S/C25H31N5O3/c1-3-18(4-2)27-24(32)22-15-26-25(33-22)17-10-8-9-16(13-17)20-14-21(30-29-20)23(31)28-19-11-6-5-7-12-19/h8-10,13-15,18-19H,3-7,11-12H2,1-2H3,(H,27,32)(H,28,31)(H,29,30). The van der Waals surface area contributed by atoms with Gasteiger partial charge in [-0.05, 0) is 43.9 Å². The zero-order chi connectivity index (χ0) is 23.2. The molecule has 2 aromatic heterocycles. The van der Waals surface area contributed by atoms with Gasteiger partial charge in [0.2, 0.25) is 11.7 Å². The van der Waals surface area contributed by atoms with Crippen molar-refractivity contribution < 1.29 is 14.0 Å². The van der Waals surface area contributed by atoms with Gasteiger partial charge in [-0.15, -0.1) is 0 Å². The summed E-state index contributed by atoms with van der Waals surface area (Å²) in [5.41, 5.74) is 2.65. The number of rotatable bonds is 8. The number of hydrogen-bond acceptors (Lipinski definition) is 5. The molecule has 0 radical (unpaired) electrons. The van der Waals surface area contributed by atoms with E-state index in [1.165, 1.54) is 12.6 Å². The van der Waals surface area contributed by atoms with Crippen LogP contribution in [0.3, 0.4) is 0 Å². The summed E-state index contributed by atoms with van der Waals surface area (Å²) in [7, 11) is 0. The van der Waals surface area contributed by atoms with Crippen LogP contribution in [0.2, 0.25) is 0 Å². The van der Waals surface area contributed by atoms with Crippen molar-refractivity contribution in [1.29, 1.82) is 0 Å². The zero-order valence-electron chi connectivity index (χ0n) is 19.2. The number of carbonyl (C=O) groups is 2. The largest absolute Gasteiger partial charge is 0.431 e. The Labute approximate surface area is 193 Å². The van der Waals surface area contributed by atoms with Crippen molar-refractivity contribution in [2.45, 2.75) is 70.9 Å². The van der Waals surface area contributed by atoms with Crippen molar-refractivity contribution in [3.05, 3.63) is 48.0 Å². The average Bonchev–Trinajstić information content (AvgIpc) is 3.54. The summed E-state index contributed by atoms with van der Waals surface area (Å²) in [6.07, 6.45) is 8.78. The van der Waals surface area contributed by atoms with E-state index in [4.69, 9.17) is 4.42 Å². The van der Waals surface area contributed by atoms with Gasteiger partial charge in [0.25, 0.3) is 11.8 Å². The molecule has 8 nitrogen and oxygen atoms in total. The Balaban J connectivity index is 1.46. The number of benzene rings is 1. The van der Waals surface area contributed by atoms with Crippen molar-refractivity contribution in [2.75, 3.05) is 0 Å². The topological polar surface area (TPSA) is 113 Å². The molecule has 8 heteroatoms. The van der Waals surface area contributed by atoms with E-state index in [0.717, 1.165) is 49.7 Å². The second kappa shape index (κ2) is 10.5. The number of aromatic nitrogens is 3. The fraction of sp³-hybridized carbons (Fsp3) is 0.440. The van der Waals surface area contributed by atoms with E-state index >= 15 is 0 Å². The summed E-state index contributed by atoms with van der Waals surface area (Å²) in [6.45, 7) is 4.07. The van der Waals surface area contributed by atoms with Crippen LogP contribution in [0, 0.1) is 0 Å². The lowest BCUT2D eigenvalue weighted by molar-refractivity contribution is 0.0904. The first-order valence-corrected chi connectivity index (χ1v) is 11.8. The minimum Gasteiger partial charge on any atom is -0.431 e. The molecule has 2 amide bonds. The predicted molar refractivity (Wildman–Crippen MR) is 126 cm³/mol.